The SMILES string of the molecule is O=C(Nc1ccc(Br)cc1)N1CCN(C(=O)C2COc3ccccc3O2)CC1. The van der Waals surface area contributed by atoms with Crippen molar-refractivity contribution in [2.24, 2.45) is 0 Å². The van der Waals surface area contributed by atoms with Crippen molar-refractivity contribution in [1.82, 2.24) is 9.80 Å². The van der Waals surface area contributed by atoms with E-state index in [-0.39, 0.29) is 18.5 Å². The number of benzene rings is 2. The van der Waals surface area contributed by atoms with Gasteiger partial charge in [0.2, 0.25) is 6.10 Å². The summed E-state index contributed by atoms with van der Waals surface area (Å²) in [6, 6.07) is 14.6. The van der Waals surface area contributed by atoms with Gasteiger partial charge in [0, 0.05) is 36.3 Å². The second-order valence-electron chi connectivity index (χ2n) is 6.61. The van der Waals surface area contributed by atoms with Gasteiger partial charge in [-0.25, -0.2) is 4.79 Å². The third-order valence-corrected chi connectivity index (χ3v) is 5.29. The van der Waals surface area contributed by atoms with E-state index < -0.39 is 6.10 Å². The molecule has 0 spiro atoms. The van der Waals surface area contributed by atoms with Gasteiger partial charge < -0.3 is 24.6 Å². The average Bonchev–Trinajstić information content (AvgIpc) is 2.74. The molecule has 0 aliphatic carbocycles. The van der Waals surface area contributed by atoms with Crippen molar-refractivity contribution in [3.05, 3.63) is 53.0 Å². The maximum absolute atomic E-state index is 12.8. The van der Waals surface area contributed by atoms with E-state index in [0.29, 0.717) is 37.7 Å². The highest BCUT2D eigenvalue weighted by molar-refractivity contribution is 9.10. The van der Waals surface area contributed by atoms with Crippen molar-refractivity contribution >= 4 is 33.6 Å². The van der Waals surface area contributed by atoms with Crippen LogP contribution in [0.2, 0.25) is 0 Å². The lowest BCUT2D eigenvalue weighted by atomic mass is 10.2. The van der Waals surface area contributed by atoms with Crippen LogP contribution in [0.1, 0.15) is 0 Å². The number of hydrogen-bond donors (Lipinski definition) is 1. The Balaban J connectivity index is 1.29. The highest BCUT2D eigenvalue weighted by Crippen LogP contribution is 2.31. The Kier molecular flexibility index (Phi) is 5.38. The first-order chi connectivity index (χ1) is 13.6. The number of nitrogens with zero attached hydrogens (tertiary/aromatic N) is 2. The molecule has 1 unspecified atom stereocenters. The quantitative estimate of drug-likeness (QED) is 0.770. The molecule has 1 saturated heterocycles. The van der Waals surface area contributed by atoms with E-state index in [9.17, 15) is 9.59 Å². The van der Waals surface area contributed by atoms with Crippen molar-refractivity contribution in [3.8, 4) is 11.5 Å². The molecule has 4 rings (SSSR count). The molecule has 2 aliphatic rings. The number of amides is 3. The molecular formula is C20H20BrN3O4. The van der Waals surface area contributed by atoms with Crippen LogP contribution in [0.4, 0.5) is 10.5 Å². The summed E-state index contributed by atoms with van der Waals surface area (Å²) in [5.41, 5.74) is 0.734. The Morgan fingerprint density at radius 2 is 1.57 bits per heavy atom. The van der Waals surface area contributed by atoms with E-state index >= 15 is 0 Å². The van der Waals surface area contributed by atoms with Gasteiger partial charge in [-0.2, -0.15) is 0 Å². The van der Waals surface area contributed by atoms with Gasteiger partial charge >= 0.3 is 6.03 Å². The zero-order chi connectivity index (χ0) is 19.5. The van der Waals surface area contributed by atoms with Crippen molar-refractivity contribution in [3.63, 3.8) is 0 Å². The highest BCUT2D eigenvalue weighted by Gasteiger charge is 2.33. The first-order valence-electron chi connectivity index (χ1n) is 9.09. The number of piperazine rings is 1. The van der Waals surface area contributed by atoms with E-state index in [0.717, 1.165) is 10.2 Å². The van der Waals surface area contributed by atoms with Gasteiger partial charge in [-0.1, -0.05) is 28.1 Å². The third kappa shape index (κ3) is 4.06. The zero-order valence-electron chi connectivity index (χ0n) is 15.1. The monoisotopic (exact) mass is 445 g/mol. The largest absolute Gasteiger partial charge is 0.485 e. The Morgan fingerprint density at radius 3 is 2.29 bits per heavy atom. The van der Waals surface area contributed by atoms with Crippen LogP contribution in [0.25, 0.3) is 0 Å². The normalized spacial score (nSPS) is 18.5. The second kappa shape index (κ2) is 8.10. The summed E-state index contributed by atoms with van der Waals surface area (Å²) < 4.78 is 12.4. The Bertz CT molecular complexity index is 866. The van der Waals surface area contributed by atoms with Crippen molar-refractivity contribution in [1.29, 1.82) is 0 Å². The molecule has 0 radical (unpaired) electrons. The lowest BCUT2D eigenvalue weighted by Gasteiger charge is -2.37. The number of fused-ring (bicyclic) bond motifs is 1. The number of ether oxygens (including phenoxy) is 2. The summed E-state index contributed by atoms with van der Waals surface area (Å²) in [5, 5.41) is 2.88. The molecule has 2 heterocycles. The number of urea groups is 1. The van der Waals surface area contributed by atoms with Gasteiger partial charge in [-0.05, 0) is 36.4 Å². The second-order valence-corrected chi connectivity index (χ2v) is 7.53. The number of carbonyl (C=O) groups is 2. The number of halogens is 1. The average molecular weight is 446 g/mol. The molecule has 8 heteroatoms. The molecule has 7 nitrogen and oxygen atoms in total. The maximum Gasteiger partial charge on any atom is 0.321 e. The molecule has 146 valence electrons. The van der Waals surface area contributed by atoms with Crippen LogP contribution >= 0.6 is 15.9 Å². The van der Waals surface area contributed by atoms with E-state index in [4.69, 9.17) is 9.47 Å². The fraction of sp³-hybridized carbons (Fsp3) is 0.300. The predicted octanol–water partition coefficient (Wildman–Crippen LogP) is 2.97. The molecule has 1 N–H and O–H groups in total. The van der Waals surface area contributed by atoms with Crippen LogP contribution in [0.5, 0.6) is 11.5 Å². The molecule has 3 amide bonds. The fourth-order valence-corrected chi connectivity index (χ4v) is 3.47. The number of anilines is 1. The molecule has 0 saturated carbocycles. The topological polar surface area (TPSA) is 71.1 Å². The summed E-state index contributed by atoms with van der Waals surface area (Å²) in [5.74, 6) is 1.13. The lowest BCUT2D eigenvalue weighted by molar-refractivity contribution is -0.142. The summed E-state index contributed by atoms with van der Waals surface area (Å²) in [6.45, 7) is 2.07. The summed E-state index contributed by atoms with van der Waals surface area (Å²) in [4.78, 5) is 28.6. The maximum atomic E-state index is 12.8. The van der Waals surface area contributed by atoms with Crippen LogP contribution in [0.15, 0.2) is 53.0 Å². The molecule has 28 heavy (non-hydrogen) atoms. The van der Waals surface area contributed by atoms with Crippen molar-refractivity contribution in [2.45, 2.75) is 6.10 Å². The number of hydrogen-bond acceptors (Lipinski definition) is 4. The smallest absolute Gasteiger partial charge is 0.321 e. The number of carbonyl (C=O) groups excluding carboxylic acids is 2. The van der Waals surface area contributed by atoms with Crippen LogP contribution in [-0.4, -0.2) is 60.6 Å². The predicted molar refractivity (Wildman–Crippen MR) is 108 cm³/mol. The molecule has 2 aromatic rings. The molecule has 2 aromatic carbocycles. The first kappa shape index (κ1) is 18.6. The summed E-state index contributed by atoms with van der Waals surface area (Å²) in [7, 11) is 0. The molecule has 2 aliphatic heterocycles. The minimum atomic E-state index is -0.655. The van der Waals surface area contributed by atoms with Gasteiger partial charge in [0.25, 0.3) is 5.91 Å². The van der Waals surface area contributed by atoms with Crippen LogP contribution in [0.3, 0.4) is 0 Å². The van der Waals surface area contributed by atoms with Gasteiger partial charge in [0.05, 0.1) is 0 Å². The van der Waals surface area contributed by atoms with Crippen molar-refractivity contribution < 1.29 is 19.1 Å². The minimum Gasteiger partial charge on any atom is -0.485 e. The zero-order valence-corrected chi connectivity index (χ0v) is 16.7. The van der Waals surface area contributed by atoms with Gasteiger partial charge in [0.1, 0.15) is 6.61 Å². The Hall–Kier alpha value is -2.74. The van der Waals surface area contributed by atoms with Crippen LogP contribution in [-0.2, 0) is 4.79 Å². The fourth-order valence-electron chi connectivity index (χ4n) is 3.21. The standard InChI is InChI=1S/C20H20BrN3O4/c21-14-5-7-15(8-6-14)22-20(26)24-11-9-23(10-12-24)19(25)18-13-27-16-3-1-2-4-17(16)28-18/h1-8,18H,9-13H2,(H,22,26). The summed E-state index contributed by atoms with van der Waals surface area (Å²) in [6.07, 6.45) is -0.655. The van der Waals surface area contributed by atoms with E-state index in [1.807, 2.05) is 42.5 Å². The Labute approximate surface area is 171 Å². The van der Waals surface area contributed by atoms with Gasteiger partial charge in [0.15, 0.2) is 11.5 Å². The molecular weight excluding hydrogens is 426 g/mol. The highest BCUT2D eigenvalue weighted by atomic mass is 79.9. The third-order valence-electron chi connectivity index (χ3n) is 4.76. The van der Waals surface area contributed by atoms with Crippen molar-refractivity contribution in [2.75, 3.05) is 38.1 Å². The van der Waals surface area contributed by atoms with Gasteiger partial charge in [-0.3, -0.25) is 4.79 Å². The molecule has 0 bridgehead atoms. The molecule has 1 atom stereocenters. The van der Waals surface area contributed by atoms with Gasteiger partial charge in [-0.15, -0.1) is 0 Å². The minimum absolute atomic E-state index is 0.109. The first-order valence-corrected chi connectivity index (χ1v) is 9.88. The summed E-state index contributed by atoms with van der Waals surface area (Å²) >= 11 is 3.37. The molecule has 1 fully saturated rings. The Morgan fingerprint density at radius 1 is 0.929 bits per heavy atom. The lowest BCUT2D eigenvalue weighted by Crippen LogP contribution is -2.55. The number of nitrogens with one attached hydrogen (secondary N) is 1. The van der Waals surface area contributed by atoms with E-state index in [1.54, 1.807) is 15.9 Å². The number of rotatable bonds is 2. The van der Waals surface area contributed by atoms with Crippen LogP contribution < -0.4 is 14.8 Å². The van der Waals surface area contributed by atoms with E-state index in [2.05, 4.69) is 21.2 Å². The van der Waals surface area contributed by atoms with E-state index in [1.165, 1.54) is 0 Å². The van der Waals surface area contributed by atoms with Crippen LogP contribution in [0, 0.1) is 0 Å². The molecule has 0 aromatic heterocycles. The number of para-hydroxylation sites is 2.